The molecule has 0 aliphatic carbocycles. The van der Waals surface area contributed by atoms with Crippen LogP contribution in [0.15, 0.2) is 30.3 Å². The fourth-order valence-corrected chi connectivity index (χ4v) is 3.02. The molecule has 23 heavy (non-hydrogen) atoms. The lowest BCUT2D eigenvalue weighted by molar-refractivity contribution is 0.0958. The van der Waals surface area contributed by atoms with Gasteiger partial charge in [0.2, 0.25) is 0 Å². The van der Waals surface area contributed by atoms with Crippen LogP contribution < -0.4 is 4.74 Å². The van der Waals surface area contributed by atoms with Crippen molar-refractivity contribution in [2.45, 2.75) is 39.3 Å². The summed E-state index contributed by atoms with van der Waals surface area (Å²) in [5, 5.41) is 0. The molecule has 0 bridgehead atoms. The van der Waals surface area contributed by atoms with Crippen molar-refractivity contribution < 1.29 is 9.13 Å². The van der Waals surface area contributed by atoms with E-state index in [0.717, 1.165) is 49.7 Å². The average Bonchev–Trinajstić information content (AvgIpc) is 2.48. The highest BCUT2D eigenvalue weighted by Crippen LogP contribution is 2.20. The zero-order chi connectivity index (χ0) is 16.2. The van der Waals surface area contributed by atoms with Gasteiger partial charge in [-0.2, -0.15) is 0 Å². The predicted molar refractivity (Wildman–Crippen MR) is 86.8 cm³/mol. The third-order valence-corrected chi connectivity index (χ3v) is 4.04. The molecule has 1 fully saturated rings. The van der Waals surface area contributed by atoms with Crippen molar-refractivity contribution in [3.05, 3.63) is 53.4 Å². The zero-order valence-electron chi connectivity index (χ0n) is 13.6. The van der Waals surface area contributed by atoms with Crippen LogP contribution in [0.2, 0.25) is 0 Å². The molecular formula is C18H22FN3O. The second-order valence-electron chi connectivity index (χ2n) is 6.10. The number of rotatable bonds is 4. The van der Waals surface area contributed by atoms with Gasteiger partial charge in [0, 0.05) is 31.4 Å². The predicted octanol–water partition coefficient (Wildman–Crippen LogP) is 3.28. The molecule has 0 amide bonds. The molecule has 0 radical (unpaired) electrons. The number of benzene rings is 1. The lowest BCUT2D eigenvalue weighted by atomic mass is 10.1. The number of likely N-dealkylation sites (tertiary alicyclic amines) is 1. The van der Waals surface area contributed by atoms with Crippen LogP contribution in [0.25, 0.3) is 0 Å². The van der Waals surface area contributed by atoms with E-state index in [1.54, 1.807) is 6.07 Å². The minimum absolute atomic E-state index is 0.155. The third kappa shape index (κ3) is 4.48. The van der Waals surface area contributed by atoms with Crippen molar-refractivity contribution in [1.82, 2.24) is 14.9 Å². The molecule has 3 rings (SSSR count). The van der Waals surface area contributed by atoms with E-state index in [4.69, 9.17) is 4.74 Å². The first-order chi connectivity index (χ1) is 11.1. The van der Waals surface area contributed by atoms with Crippen molar-refractivity contribution in [3.63, 3.8) is 0 Å². The van der Waals surface area contributed by atoms with Crippen molar-refractivity contribution in [2.75, 3.05) is 13.1 Å². The number of ether oxygens (including phenoxy) is 1. The molecule has 0 spiro atoms. The Morgan fingerprint density at radius 2 is 1.96 bits per heavy atom. The van der Waals surface area contributed by atoms with Gasteiger partial charge < -0.3 is 4.74 Å². The second-order valence-corrected chi connectivity index (χ2v) is 6.10. The van der Waals surface area contributed by atoms with Crippen molar-refractivity contribution in [1.29, 1.82) is 0 Å². The molecule has 1 aromatic carbocycles. The van der Waals surface area contributed by atoms with Crippen LogP contribution in [-0.2, 0) is 6.54 Å². The van der Waals surface area contributed by atoms with Gasteiger partial charge in [0.1, 0.15) is 23.5 Å². The number of aromatic nitrogens is 2. The van der Waals surface area contributed by atoms with E-state index in [1.807, 2.05) is 26.0 Å². The molecule has 0 saturated carbocycles. The minimum Gasteiger partial charge on any atom is -0.490 e. The van der Waals surface area contributed by atoms with Crippen LogP contribution in [0.5, 0.6) is 5.75 Å². The summed E-state index contributed by atoms with van der Waals surface area (Å²) < 4.78 is 19.1. The maximum absolute atomic E-state index is 13.2. The Kier molecular flexibility index (Phi) is 4.86. The average molecular weight is 315 g/mol. The Hall–Kier alpha value is -2.01. The Bertz CT molecular complexity index is 649. The first-order valence-corrected chi connectivity index (χ1v) is 8.04. The lowest BCUT2D eigenvalue weighted by Gasteiger charge is -2.32. The second kappa shape index (κ2) is 7.04. The summed E-state index contributed by atoms with van der Waals surface area (Å²) in [5.74, 6) is 1.18. The van der Waals surface area contributed by atoms with E-state index in [0.29, 0.717) is 5.75 Å². The van der Waals surface area contributed by atoms with Crippen LogP contribution in [0.4, 0.5) is 4.39 Å². The molecule has 1 saturated heterocycles. The van der Waals surface area contributed by atoms with Gasteiger partial charge in [-0.15, -0.1) is 0 Å². The smallest absolute Gasteiger partial charge is 0.126 e. The molecule has 4 nitrogen and oxygen atoms in total. The van der Waals surface area contributed by atoms with E-state index in [1.165, 1.54) is 12.1 Å². The molecule has 2 aromatic rings. The molecule has 122 valence electrons. The first kappa shape index (κ1) is 15.9. The first-order valence-electron chi connectivity index (χ1n) is 8.04. The van der Waals surface area contributed by atoms with E-state index < -0.39 is 0 Å². The van der Waals surface area contributed by atoms with Gasteiger partial charge in [-0.1, -0.05) is 6.07 Å². The SMILES string of the molecule is Cc1cc(CN2CCC(Oc3cccc(F)c3)CC2)nc(C)n1. The Morgan fingerprint density at radius 1 is 1.17 bits per heavy atom. The highest BCUT2D eigenvalue weighted by molar-refractivity contribution is 5.22. The summed E-state index contributed by atoms with van der Waals surface area (Å²) in [7, 11) is 0. The van der Waals surface area contributed by atoms with Crippen LogP contribution in [-0.4, -0.2) is 34.1 Å². The summed E-state index contributed by atoms with van der Waals surface area (Å²) >= 11 is 0. The van der Waals surface area contributed by atoms with Crippen molar-refractivity contribution in [2.24, 2.45) is 0 Å². The van der Waals surface area contributed by atoms with Crippen LogP contribution >= 0.6 is 0 Å². The highest BCUT2D eigenvalue weighted by Gasteiger charge is 2.21. The maximum atomic E-state index is 13.2. The number of nitrogens with zero attached hydrogens (tertiary/aromatic N) is 3. The largest absolute Gasteiger partial charge is 0.490 e. The highest BCUT2D eigenvalue weighted by atomic mass is 19.1. The summed E-state index contributed by atoms with van der Waals surface area (Å²) in [4.78, 5) is 11.2. The quantitative estimate of drug-likeness (QED) is 0.868. The monoisotopic (exact) mass is 315 g/mol. The van der Waals surface area contributed by atoms with Gasteiger partial charge in [0.15, 0.2) is 0 Å². The number of hydrogen-bond acceptors (Lipinski definition) is 4. The zero-order valence-corrected chi connectivity index (χ0v) is 13.6. The van der Waals surface area contributed by atoms with Gasteiger partial charge in [0.05, 0.1) is 5.69 Å². The molecule has 0 unspecified atom stereocenters. The van der Waals surface area contributed by atoms with E-state index >= 15 is 0 Å². The Morgan fingerprint density at radius 3 is 2.65 bits per heavy atom. The van der Waals surface area contributed by atoms with Crippen LogP contribution in [0.3, 0.4) is 0 Å². The third-order valence-electron chi connectivity index (χ3n) is 4.04. The Balaban J connectivity index is 1.52. The van der Waals surface area contributed by atoms with E-state index in [-0.39, 0.29) is 11.9 Å². The molecule has 1 aliphatic rings. The summed E-state index contributed by atoms with van der Waals surface area (Å²) in [5.41, 5.74) is 2.08. The molecule has 2 heterocycles. The molecule has 1 aliphatic heterocycles. The summed E-state index contributed by atoms with van der Waals surface area (Å²) in [6, 6.07) is 8.41. The molecular weight excluding hydrogens is 293 g/mol. The standard InChI is InChI=1S/C18H22FN3O/c1-13-10-16(21-14(2)20-13)12-22-8-6-17(7-9-22)23-18-5-3-4-15(19)11-18/h3-5,10-11,17H,6-9,12H2,1-2H3. The van der Waals surface area contributed by atoms with E-state index in [2.05, 4.69) is 14.9 Å². The summed E-state index contributed by atoms with van der Waals surface area (Å²) in [6.45, 7) is 6.69. The van der Waals surface area contributed by atoms with E-state index in [9.17, 15) is 4.39 Å². The fourth-order valence-electron chi connectivity index (χ4n) is 3.02. The van der Waals surface area contributed by atoms with Gasteiger partial charge in [-0.05, 0) is 44.9 Å². The van der Waals surface area contributed by atoms with Crippen molar-refractivity contribution in [3.8, 4) is 5.75 Å². The van der Waals surface area contributed by atoms with Crippen LogP contribution in [0.1, 0.15) is 30.1 Å². The van der Waals surface area contributed by atoms with Crippen LogP contribution in [0, 0.1) is 19.7 Å². The normalized spacial score (nSPS) is 16.5. The maximum Gasteiger partial charge on any atom is 0.126 e. The number of aryl methyl sites for hydroxylation is 2. The number of halogens is 1. The Labute approximate surface area is 136 Å². The molecule has 5 heteroatoms. The van der Waals surface area contributed by atoms with Gasteiger partial charge >= 0.3 is 0 Å². The van der Waals surface area contributed by atoms with Gasteiger partial charge in [0.25, 0.3) is 0 Å². The molecule has 1 aromatic heterocycles. The topological polar surface area (TPSA) is 38.2 Å². The summed E-state index contributed by atoms with van der Waals surface area (Å²) in [6.07, 6.45) is 2.04. The molecule has 0 N–H and O–H groups in total. The van der Waals surface area contributed by atoms with Gasteiger partial charge in [-0.3, -0.25) is 4.90 Å². The van der Waals surface area contributed by atoms with Crippen molar-refractivity contribution >= 4 is 0 Å². The van der Waals surface area contributed by atoms with Gasteiger partial charge in [-0.25, -0.2) is 14.4 Å². The number of hydrogen-bond donors (Lipinski definition) is 0. The fraction of sp³-hybridized carbons (Fsp3) is 0.444. The molecule has 0 atom stereocenters. The lowest BCUT2D eigenvalue weighted by Crippen LogP contribution is -2.38. The number of piperidine rings is 1. The minimum atomic E-state index is -0.255.